The van der Waals surface area contributed by atoms with Crippen LogP contribution in [0.2, 0.25) is 0 Å². The van der Waals surface area contributed by atoms with Crippen LogP contribution >= 0.6 is 11.8 Å². The maximum absolute atomic E-state index is 12.3. The second kappa shape index (κ2) is 7.25. The number of tetrazole rings is 1. The van der Waals surface area contributed by atoms with E-state index < -0.39 is 0 Å². The van der Waals surface area contributed by atoms with Gasteiger partial charge in [0, 0.05) is 17.5 Å². The van der Waals surface area contributed by atoms with E-state index in [1.54, 1.807) is 30.9 Å². The maximum atomic E-state index is 12.3. The largest absolute Gasteiger partial charge is 0.508 e. The topological polar surface area (TPSA) is 82.2 Å². The minimum atomic E-state index is -0.318. The van der Waals surface area contributed by atoms with Crippen LogP contribution in [-0.4, -0.2) is 31.2 Å². The first kappa shape index (κ1) is 18.1. The Morgan fingerprint density at radius 2 is 1.96 bits per heavy atom. The highest BCUT2D eigenvalue weighted by Crippen LogP contribution is 2.30. The van der Waals surface area contributed by atoms with E-state index in [1.165, 1.54) is 9.36 Å². The van der Waals surface area contributed by atoms with Crippen LogP contribution in [0.3, 0.4) is 0 Å². The Kier molecular flexibility index (Phi) is 5.03. The number of thioether (sulfide) groups is 1. The van der Waals surface area contributed by atoms with Crippen molar-refractivity contribution >= 4 is 11.8 Å². The van der Waals surface area contributed by atoms with Crippen molar-refractivity contribution in [2.45, 2.75) is 25.3 Å². The number of ether oxygens (including phenoxy) is 1. The summed E-state index contributed by atoms with van der Waals surface area (Å²) < 4.78 is 8.47. The van der Waals surface area contributed by atoms with Crippen molar-refractivity contribution in [2.75, 3.05) is 6.26 Å². The van der Waals surface area contributed by atoms with Crippen LogP contribution in [0.4, 0.5) is 0 Å². The third kappa shape index (κ3) is 3.32. The lowest BCUT2D eigenvalue weighted by molar-refractivity contribution is 0.299. The molecule has 26 heavy (non-hydrogen) atoms. The summed E-state index contributed by atoms with van der Waals surface area (Å²) in [6.07, 6.45) is 1.97. The molecule has 1 heterocycles. The lowest BCUT2D eigenvalue weighted by atomic mass is 10.1. The number of rotatable bonds is 5. The lowest BCUT2D eigenvalue weighted by Crippen LogP contribution is -2.23. The Morgan fingerprint density at radius 3 is 2.62 bits per heavy atom. The van der Waals surface area contributed by atoms with Crippen LogP contribution in [0.5, 0.6) is 11.5 Å². The summed E-state index contributed by atoms with van der Waals surface area (Å²) in [6, 6.07) is 9.16. The molecule has 0 amide bonds. The summed E-state index contributed by atoms with van der Waals surface area (Å²) in [5.41, 5.74) is 2.76. The van der Waals surface area contributed by atoms with E-state index in [2.05, 4.69) is 10.4 Å². The first-order valence-corrected chi connectivity index (χ1v) is 9.23. The fraction of sp³-hybridized carbons (Fsp3) is 0.278. The maximum Gasteiger partial charge on any atom is 0.368 e. The Labute approximate surface area is 155 Å². The van der Waals surface area contributed by atoms with E-state index in [4.69, 9.17) is 4.74 Å². The average molecular weight is 372 g/mol. The molecule has 136 valence electrons. The zero-order valence-electron chi connectivity index (χ0n) is 15.1. The highest BCUT2D eigenvalue weighted by molar-refractivity contribution is 7.98. The monoisotopic (exact) mass is 372 g/mol. The predicted molar refractivity (Wildman–Crippen MR) is 100 cm³/mol. The van der Waals surface area contributed by atoms with Gasteiger partial charge in [0.2, 0.25) is 0 Å². The number of aromatic hydroxyl groups is 1. The molecule has 0 fully saturated rings. The van der Waals surface area contributed by atoms with Crippen molar-refractivity contribution in [3.63, 3.8) is 0 Å². The van der Waals surface area contributed by atoms with Crippen molar-refractivity contribution < 1.29 is 9.84 Å². The number of phenols is 1. The number of benzene rings is 2. The van der Waals surface area contributed by atoms with Gasteiger partial charge in [0.15, 0.2) is 0 Å². The highest BCUT2D eigenvalue weighted by atomic mass is 32.2. The van der Waals surface area contributed by atoms with E-state index in [1.807, 2.05) is 38.3 Å². The van der Waals surface area contributed by atoms with Gasteiger partial charge in [-0.3, -0.25) is 0 Å². The van der Waals surface area contributed by atoms with Crippen LogP contribution in [0.25, 0.3) is 5.69 Å². The number of nitrogens with zero attached hydrogens (tertiary/aromatic N) is 4. The Balaban J connectivity index is 2.01. The van der Waals surface area contributed by atoms with Crippen LogP contribution in [0.15, 0.2) is 40.0 Å². The van der Waals surface area contributed by atoms with Gasteiger partial charge in [0.05, 0.1) is 5.69 Å². The molecule has 0 bridgehead atoms. The molecule has 0 aliphatic carbocycles. The van der Waals surface area contributed by atoms with Gasteiger partial charge in [0.25, 0.3) is 0 Å². The van der Waals surface area contributed by atoms with Crippen molar-refractivity contribution in [3.05, 3.63) is 57.5 Å². The van der Waals surface area contributed by atoms with E-state index in [0.717, 1.165) is 21.6 Å². The number of aromatic nitrogens is 4. The van der Waals surface area contributed by atoms with Gasteiger partial charge in [-0.05, 0) is 65.9 Å². The molecule has 0 saturated carbocycles. The number of phenolic OH excluding ortho intramolecular Hbond substituents is 1. The van der Waals surface area contributed by atoms with Crippen molar-refractivity contribution in [1.82, 2.24) is 19.8 Å². The normalized spacial score (nSPS) is 10.9. The van der Waals surface area contributed by atoms with Crippen LogP contribution in [0, 0.1) is 13.8 Å². The summed E-state index contributed by atoms with van der Waals surface area (Å²) >= 11 is 1.57. The van der Waals surface area contributed by atoms with Gasteiger partial charge in [-0.15, -0.1) is 11.8 Å². The molecule has 0 aliphatic rings. The molecule has 3 aromatic rings. The van der Waals surface area contributed by atoms with Crippen molar-refractivity contribution in [2.24, 2.45) is 7.05 Å². The zero-order valence-corrected chi connectivity index (χ0v) is 15.9. The summed E-state index contributed by atoms with van der Waals surface area (Å²) in [6.45, 7) is 3.96. The molecule has 0 aliphatic heterocycles. The number of hydrogen-bond donors (Lipinski definition) is 1. The molecule has 2 aromatic carbocycles. The summed E-state index contributed by atoms with van der Waals surface area (Å²) in [5, 5.41) is 17.5. The van der Waals surface area contributed by atoms with E-state index in [9.17, 15) is 9.90 Å². The highest BCUT2D eigenvalue weighted by Gasteiger charge is 2.15. The van der Waals surface area contributed by atoms with Gasteiger partial charge in [-0.2, -0.15) is 9.36 Å². The molecular formula is C18H20N4O3S. The molecular weight excluding hydrogens is 352 g/mol. The van der Waals surface area contributed by atoms with Gasteiger partial charge in [-0.1, -0.05) is 6.07 Å². The first-order valence-electron chi connectivity index (χ1n) is 8.00. The second-order valence-electron chi connectivity index (χ2n) is 5.95. The molecule has 0 saturated heterocycles. The van der Waals surface area contributed by atoms with Crippen molar-refractivity contribution in [1.29, 1.82) is 0 Å². The standard InChI is InChI=1S/C18H20N4O3S/c1-11-9-16(12(2)8-15(11)23)25-10-13-14(6-5-7-17(13)26-4)22-18(24)21(3)19-20-22/h5-9,23H,10H2,1-4H3. The third-order valence-corrected chi connectivity index (χ3v) is 4.97. The van der Waals surface area contributed by atoms with Crippen LogP contribution in [-0.2, 0) is 13.7 Å². The lowest BCUT2D eigenvalue weighted by Gasteiger charge is -2.15. The molecule has 7 nitrogen and oxygen atoms in total. The third-order valence-electron chi connectivity index (χ3n) is 4.14. The summed E-state index contributed by atoms with van der Waals surface area (Å²) in [5.74, 6) is 0.930. The second-order valence-corrected chi connectivity index (χ2v) is 6.80. The molecule has 1 aromatic heterocycles. The SMILES string of the molecule is CSc1cccc(-n2nnn(C)c2=O)c1COc1cc(C)c(O)cc1C. The van der Waals surface area contributed by atoms with Crippen molar-refractivity contribution in [3.8, 4) is 17.2 Å². The molecule has 0 spiro atoms. The number of hydrogen-bond acceptors (Lipinski definition) is 6. The van der Waals surface area contributed by atoms with Crippen LogP contribution < -0.4 is 10.4 Å². The average Bonchev–Trinajstić information content (AvgIpc) is 2.95. The van der Waals surface area contributed by atoms with E-state index in [0.29, 0.717) is 11.4 Å². The first-order chi connectivity index (χ1) is 12.4. The van der Waals surface area contributed by atoms with Gasteiger partial charge in [0.1, 0.15) is 18.1 Å². The van der Waals surface area contributed by atoms with Gasteiger partial charge >= 0.3 is 5.69 Å². The summed E-state index contributed by atoms with van der Waals surface area (Å²) in [4.78, 5) is 13.3. The minimum absolute atomic E-state index is 0.242. The molecule has 3 rings (SSSR count). The molecule has 8 heteroatoms. The Hall–Kier alpha value is -2.74. The summed E-state index contributed by atoms with van der Waals surface area (Å²) in [7, 11) is 1.56. The quantitative estimate of drug-likeness (QED) is 0.693. The minimum Gasteiger partial charge on any atom is -0.508 e. The molecule has 1 N–H and O–H groups in total. The van der Waals surface area contributed by atoms with E-state index >= 15 is 0 Å². The fourth-order valence-corrected chi connectivity index (χ4v) is 3.26. The predicted octanol–water partition coefficient (Wildman–Crippen LogP) is 2.59. The molecule has 0 unspecified atom stereocenters. The Bertz CT molecular complexity index is 1010. The van der Waals surface area contributed by atoms with Gasteiger partial charge < -0.3 is 9.84 Å². The smallest absolute Gasteiger partial charge is 0.368 e. The van der Waals surface area contributed by atoms with Gasteiger partial charge in [-0.25, -0.2) is 4.79 Å². The number of aryl methyl sites for hydroxylation is 3. The van der Waals surface area contributed by atoms with E-state index in [-0.39, 0.29) is 18.0 Å². The fourth-order valence-electron chi connectivity index (χ4n) is 2.63. The molecule has 0 radical (unpaired) electrons. The van der Waals surface area contributed by atoms with Crippen LogP contribution in [0.1, 0.15) is 16.7 Å². The molecule has 0 atom stereocenters. The Morgan fingerprint density at radius 1 is 1.19 bits per heavy atom. The zero-order chi connectivity index (χ0) is 18.8.